The lowest BCUT2D eigenvalue weighted by Gasteiger charge is -2.08. The van der Waals surface area contributed by atoms with Crippen LogP contribution in [0.25, 0.3) is 0 Å². The summed E-state index contributed by atoms with van der Waals surface area (Å²) in [7, 11) is 0. The number of carboxylic acids is 1. The maximum Gasteiger partial charge on any atom is 0.325 e. The molecule has 4 heteroatoms. The molecule has 1 rings (SSSR count). The maximum absolute atomic E-state index is 11.4. The zero-order valence-corrected chi connectivity index (χ0v) is 11.5. The summed E-state index contributed by atoms with van der Waals surface area (Å²) in [6.07, 6.45) is 3.02. The van der Waals surface area contributed by atoms with Gasteiger partial charge in [0.15, 0.2) is 0 Å². The second-order valence-electron chi connectivity index (χ2n) is 4.82. The van der Waals surface area contributed by atoms with Gasteiger partial charge in [0.05, 0.1) is 0 Å². The summed E-state index contributed by atoms with van der Waals surface area (Å²) in [5.41, 5.74) is 2.51. The van der Waals surface area contributed by atoms with Gasteiger partial charge in [0.2, 0.25) is 5.91 Å². The first-order valence-corrected chi connectivity index (χ1v) is 6.57. The van der Waals surface area contributed by atoms with Crippen molar-refractivity contribution in [1.82, 2.24) is 5.32 Å². The molecule has 0 unspecified atom stereocenters. The standard InChI is InChI=1S/C15H21NO3/c1-11-7-9-13(10-8-11)5-3-4-6-14(17)16-12(2)15(18)19/h7-10,12H,3-6H2,1-2H3,(H,16,17)(H,18,19)/t12-/m0/s1. The highest BCUT2D eigenvalue weighted by atomic mass is 16.4. The maximum atomic E-state index is 11.4. The normalized spacial score (nSPS) is 11.9. The van der Waals surface area contributed by atoms with Gasteiger partial charge in [0.1, 0.15) is 6.04 Å². The first-order valence-electron chi connectivity index (χ1n) is 6.57. The topological polar surface area (TPSA) is 66.4 Å². The molecule has 104 valence electrons. The Morgan fingerprint density at radius 3 is 2.42 bits per heavy atom. The molecule has 2 N–H and O–H groups in total. The second-order valence-corrected chi connectivity index (χ2v) is 4.82. The fourth-order valence-corrected chi connectivity index (χ4v) is 1.74. The van der Waals surface area contributed by atoms with E-state index in [1.807, 2.05) is 0 Å². The van der Waals surface area contributed by atoms with E-state index in [0.29, 0.717) is 6.42 Å². The number of unbranched alkanes of at least 4 members (excludes halogenated alkanes) is 1. The van der Waals surface area contributed by atoms with Gasteiger partial charge in [-0.25, -0.2) is 0 Å². The number of carbonyl (C=O) groups is 2. The summed E-state index contributed by atoms with van der Waals surface area (Å²) in [6, 6.07) is 7.54. The molecule has 1 aromatic rings. The SMILES string of the molecule is Cc1ccc(CCCCC(=O)N[C@@H](C)C(=O)O)cc1. The van der Waals surface area contributed by atoms with Gasteiger partial charge in [-0.05, 0) is 38.7 Å². The average molecular weight is 263 g/mol. The average Bonchev–Trinajstić information content (AvgIpc) is 2.36. The molecule has 0 aliphatic heterocycles. The smallest absolute Gasteiger partial charge is 0.325 e. The lowest BCUT2D eigenvalue weighted by atomic mass is 10.1. The van der Waals surface area contributed by atoms with Gasteiger partial charge in [-0.3, -0.25) is 9.59 Å². The van der Waals surface area contributed by atoms with Gasteiger partial charge < -0.3 is 10.4 Å². The van der Waals surface area contributed by atoms with E-state index >= 15 is 0 Å². The Balaban J connectivity index is 2.18. The number of rotatable bonds is 7. The molecule has 0 saturated heterocycles. The first-order chi connectivity index (χ1) is 8.99. The van der Waals surface area contributed by atoms with Gasteiger partial charge in [0.25, 0.3) is 0 Å². The molecule has 0 radical (unpaired) electrons. The summed E-state index contributed by atoms with van der Waals surface area (Å²) in [5.74, 6) is -1.20. The Morgan fingerprint density at radius 1 is 1.21 bits per heavy atom. The van der Waals surface area contributed by atoms with E-state index in [1.54, 1.807) is 0 Å². The third-order valence-corrected chi connectivity index (χ3v) is 2.99. The quantitative estimate of drug-likeness (QED) is 0.742. The minimum atomic E-state index is -1.01. The Bertz CT molecular complexity index is 426. The molecule has 0 spiro atoms. The van der Waals surface area contributed by atoms with Crippen LogP contribution < -0.4 is 5.32 Å². The van der Waals surface area contributed by atoms with Crippen LogP contribution in [-0.2, 0) is 16.0 Å². The summed E-state index contributed by atoms with van der Waals surface area (Å²) < 4.78 is 0. The Hall–Kier alpha value is -1.84. The monoisotopic (exact) mass is 263 g/mol. The third kappa shape index (κ3) is 6.04. The van der Waals surface area contributed by atoms with Crippen LogP contribution in [0.5, 0.6) is 0 Å². The predicted octanol–water partition coefficient (Wildman–Crippen LogP) is 2.30. The van der Waals surface area contributed by atoms with Crippen molar-refractivity contribution in [2.24, 2.45) is 0 Å². The molecule has 0 heterocycles. The third-order valence-electron chi connectivity index (χ3n) is 2.99. The Labute approximate surface area is 113 Å². The minimum absolute atomic E-state index is 0.196. The zero-order valence-electron chi connectivity index (χ0n) is 11.5. The number of benzene rings is 1. The summed E-state index contributed by atoms with van der Waals surface area (Å²) in [5, 5.41) is 11.1. The van der Waals surface area contributed by atoms with Crippen LogP contribution in [0.4, 0.5) is 0 Å². The lowest BCUT2D eigenvalue weighted by Crippen LogP contribution is -2.38. The zero-order chi connectivity index (χ0) is 14.3. The van der Waals surface area contributed by atoms with Gasteiger partial charge >= 0.3 is 5.97 Å². The molecule has 19 heavy (non-hydrogen) atoms. The van der Waals surface area contributed by atoms with Gasteiger partial charge in [-0.15, -0.1) is 0 Å². The number of carbonyl (C=O) groups excluding carboxylic acids is 1. The number of hydrogen-bond donors (Lipinski definition) is 2. The van der Waals surface area contributed by atoms with Gasteiger partial charge in [0, 0.05) is 6.42 Å². The summed E-state index contributed by atoms with van der Waals surface area (Å²) in [6.45, 7) is 3.52. The molecule has 0 aromatic heterocycles. The number of hydrogen-bond acceptors (Lipinski definition) is 2. The van der Waals surface area contributed by atoms with Crippen molar-refractivity contribution >= 4 is 11.9 Å². The highest BCUT2D eigenvalue weighted by Crippen LogP contribution is 2.08. The van der Waals surface area contributed by atoms with E-state index in [-0.39, 0.29) is 5.91 Å². The first kappa shape index (κ1) is 15.2. The number of aryl methyl sites for hydroxylation is 2. The fraction of sp³-hybridized carbons (Fsp3) is 0.467. The number of amides is 1. The molecule has 1 amide bonds. The summed E-state index contributed by atoms with van der Waals surface area (Å²) in [4.78, 5) is 22.0. The number of aliphatic carboxylic acids is 1. The largest absolute Gasteiger partial charge is 0.480 e. The molecule has 0 aliphatic carbocycles. The summed E-state index contributed by atoms with van der Waals surface area (Å²) >= 11 is 0. The number of carboxylic acid groups (broad SMARTS) is 1. The van der Waals surface area contributed by atoms with E-state index in [9.17, 15) is 9.59 Å². The molecule has 4 nitrogen and oxygen atoms in total. The van der Waals surface area contributed by atoms with E-state index in [4.69, 9.17) is 5.11 Å². The van der Waals surface area contributed by atoms with Crippen LogP contribution in [0.3, 0.4) is 0 Å². The molecule has 0 aliphatic rings. The van der Waals surface area contributed by atoms with E-state index in [0.717, 1.165) is 19.3 Å². The highest BCUT2D eigenvalue weighted by Gasteiger charge is 2.13. The number of nitrogens with one attached hydrogen (secondary N) is 1. The lowest BCUT2D eigenvalue weighted by molar-refractivity contribution is -0.141. The van der Waals surface area contributed by atoms with E-state index in [2.05, 4.69) is 36.5 Å². The highest BCUT2D eigenvalue weighted by molar-refractivity contribution is 5.83. The molecule has 1 atom stereocenters. The van der Waals surface area contributed by atoms with Gasteiger partial charge in [-0.1, -0.05) is 29.8 Å². The van der Waals surface area contributed by atoms with Crippen molar-refractivity contribution in [3.05, 3.63) is 35.4 Å². The molecular weight excluding hydrogens is 242 g/mol. The molecule has 1 aromatic carbocycles. The van der Waals surface area contributed by atoms with E-state index in [1.165, 1.54) is 18.1 Å². The van der Waals surface area contributed by atoms with Crippen LogP contribution in [0.1, 0.15) is 37.3 Å². The molecular formula is C15H21NO3. The van der Waals surface area contributed by atoms with Crippen molar-refractivity contribution < 1.29 is 14.7 Å². The molecule has 0 saturated carbocycles. The van der Waals surface area contributed by atoms with Crippen molar-refractivity contribution in [3.63, 3.8) is 0 Å². The fourth-order valence-electron chi connectivity index (χ4n) is 1.74. The van der Waals surface area contributed by atoms with Crippen molar-refractivity contribution in [2.75, 3.05) is 0 Å². The van der Waals surface area contributed by atoms with E-state index < -0.39 is 12.0 Å². The van der Waals surface area contributed by atoms with Gasteiger partial charge in [-0.2, -0.15) is 0 Å². The molecule has 0 bridgehead atoms. The Kier molecular flexibility index (Phi) is 6.06. The minimum Gasteiger partial charge on any atom is -0.480 e. The van der Waals surface area contributed by atoms with Crippen molar-refractivity contribution in [1.29, 1.82) is 0 Å². The van der Waals surface area contributed by atoms with Crippen molar-refractivity contribution in [2.45, 2.75) is 45.6 Å². The second kappa shape index (κ2) is 7.56. The Morgan fingerprint density at radius 2 is 1.84 bits per heavy atom. The van der Waals surface area contributed by atoms with Crippen LogP contribution in [0, 0.1) is 6.92 Å². The van der Waals surface area contributed by atoms with Crippen LogP contribution in [0.15, 0.2) is 24.3 Å². The van der Waals surface area contributed by atoms with Crippen LogP contribution in [-0.4, -0.2) is 23.0 Å². The molecule has 0 fully saturated rings. The van der Waals surface area contributed by atoms with Crippen molar-refractivity contribution in [3.8, 4) is 0 Å². The van der Waals surface area contributed by atoms with Crippen LogP contribution in [0.2, 0.25) is 0 Å². The van der Waals surface area contributed by atoms with Crippen LogP contribution >= 0.6 is 0 Å². The predicted molar refractivity (Wildman–Crippen MR) is 74.0 cm³/mol.